The molecular weight excluding hydrogens is 362 g/mol. The van der Waals surface area contributed by atoms with E-state index in [4.69, 9.17) is 0 Å². The van der Waals surface area contributed by atoms with E-state index in [1.54, 1.807) is 6.07 Å². The number of anilines is 1. The van der Waals surface area contributed by atoms with Gasteiger partial charge in [-0.3, -0.25) is 4.79 Å². The number of carbonyl (C=O) groups excluding carboxylic acids is 1. The van der Waals surface area contributed by atoms with Crippen LogP contribution in [0.4, 0.5) is 10.5 Å². The fourth-order valence-electron chi connectivity index (χ4n) is 4.72. The van der Waals surface area contributed by atoms with E-state index >= 15 is 0 Å². The van der Waals surface area contributed by atoms with Gasteiger partial charge in [-0.25, -0.2) is 4.79 Å². The number of nitrogens with zero attached hydrogens (tertiary/aromatic N) is 2. The lowest BCUT2D eigenvalue weighted by Gasteiger charge is -2.42. The highest BCUT2D eigenvalue weighted by Gasteiger charge is 2.36. The van der Waals surface area contributed by atoms with Gasteiger partial charge in [-0.1, -0.05) is 54.6 Å². The van der Waals surface area contributed by atoms with Crippen LogP contribution < -0.4 is 10.9 Å². The van der Waals surface area contributed by atoms with Crippen molar-refractivity contribution in [2.75, 3.05) is 18.4 Å². The Balaban J connectivity index is 1.38. The van der Waals surface area contributed by atoms with E-state index in [1.165, 1.54) is 0 Å². The Morgan fingerprint density at radius 2 is 1.66 bits per heavy atom. The Kier molecular flexibility index (Phi) is 4.43. The van der Waals surface area contributed by atoms with Crippen molar-refractivity contribution in [3.63, 3.8) is 0 Å². The van der Waals surface area contributed by atoms with Crippen molar-refractivity contribution in [3.8, 4) is 11.1 Å². The summed E-state index contributed by atoms with van der Waals surface area (Å²) >= 11 is 0. The zero-order chi connectivity index (χ0) is 19.8. The number of fused-ring (bicyclic) bond motifs is 4. The van der Waals surface area contributed by atoms with Crippen LogP contribution in [0.3, 0.4) is 0 Å². The fraction of sp³-hybridized carbons (Fsp3) is 0.250. The molecule has 5 nitrogen and oxygen atoms in total. The maximum atomic E-state index is 13.1. The van der Waals surface area contributed by atoms with Crippen LogP contribution in [0.2, 0.25) is 0 Å². The lowest BCUT2D eigenvalue weighted by molar-refractivity contribution is 0.139. The number of aromatic nitrogens is 1. The zero-order valence-electron chi connectivity index (χ0n) is 16.1. The van der Waals surface area contributed by atoms with Crippen LogP contribution >= 0.6 is 0 Å². The molecule has 1 aromatic heterocycles. The number of amides is 2. The van der Waals surface area contributed by atoms with Crippen molar-refractivity contribution in [2.45, 2.75) is 18.9 Å². The van der Waals surface area contributed by atoms with Gasteiger partial charge in [0, 0.05) is 42.9 Å². The Morgan fingerprint density at radius 3 is 2.52 bits per heavy atom. The summed E-state index contributed by atoms with van der Waals surface area (Å²) in [5.41, 5.74) is 4.02. The Hall–Kier alpha value is -3.34. The summed E-state index contributed by atoms with van der Waals surface area (Å²) in [6.45, 7) is 2.01. The minimum Gasteiger partial charge on any atom is -0.324 e. The number of pyridine rings is 1. The smallest absolute Gasteiger partial charge is 0.321 e. The van der Waals surface area contributed by atoms with Crippen molar-refractivity contribution in [1.82, 2.24) is 9.47 Å². The highest BCUT2D eigenvalue weighted by molar-refractivity contribution is 5.94. The van der Waals surface area contributed by atoms with E-state index in [-0.39, 0.29) is 17.5 Å². The number of carbonyl (C=O) groups is 1. The summed E-state index contributed by atoms with van der Waals surface area (Å²) in [5.74, 6) is 0.531. The molecule has 1 N–H and O–H groups in total. The van der Waals surface area contributed by atoms with E-state index in [0.717, 1.165) is 28.9 Å². The first kappa shape index (κ1) is 17.7. The highest BCUT2D eigenvalue weighted by Crippen LogP contribution is 2.35. The van der Waals surface area contributed by atoms with E-state index in [0.29, 0.717) is 25.6 Å². The van der Waals surface area contributed by atoms with E-state index in [9.17, 15) is 9.59 Å². The van der Waals surface area contributed by atoms with Gasteiger partial charge in [-0.15, -0.1) is 0 Å². The van der Waals surface area contributed by atoms with Crippen LogP contribution in [-0.4, -0.2) is 28.6 Å². The predicted octanol–water partition coefficient (Wildman–Crippen LogP) is 4.17. The third-order valence-electron chi connectivity index (χ3n) is 6.02. The third kappa shape index (κ3) is 3.33. The molecule has 1 saturated heterocycles. The molecule has 146 valence electrons. The van der Waals surface area contributed by atoms with Crippen LogP contribution in [0, 0.1) is 5.92 Å². The van der Waals surface area contributed by atoms with Gasteiger partial charge >= 0.3 is 6.03 Å². The summed E-state index contributed by atoms with van der Waals surface area (Å²) < 4.78 is 1.89. The van der Waals surface area contributed by atoms with Crippen LogP contribution in [0.25, 0.3) is 11.1 Å². The molecule has 5 rings (SSSR count). The van der Waals surface area contributed by atoms with Gasteiger partial charge in [0.2, 0.25) is 0 Å². The number of urea groups is 1. The second-order valence-corrected chi connectivity index (χ2v) is 7.94. The van der Waals surface area contributed by atoms with Crippen molar-refractivity contribution < 1.29 is 4.79 Å². The number of rotatable bonds is 2. The molecule has 3 heterocycles. The second-order valence-electron chi connectivity index (χ2n) is 7.94. The third-order valence-corrected chi connectivity index (χ3v) is 6.02. The minimum absolute atomic E-state index is 0.0619. The van der Waals surface area contributed by atoms with Crippen LogP contribution in [0.5, 0.6) is 0 Å². The summed E-state index contributed by atoms with van der Waals surface area (Å²) in [6, 6.07) is 23.4. The average molecular weight is 385 g/mol. The summed E-state index contributed by atoms with van der Waals surface area (Å²) in [4.78, 5) is 27.2. The van der Waals surface area contributed by atoms with Crippen molar-refractivity contribution in [3.05, 3.63) is 88.8 Å². The van der Waals surface area contributed by atoms with E-state index < -0.39 is 0 Å². The second kappa shape index (κ2) is 7.24. The molecular formula is C24H23N3O2. The lowest BCUT2D eigenvalue weighted by Crippen LogP contribution is -2.50. The normalized spacial score (nSPS) is 20.1. The predicted molar refractivity (Wildman–Crippen MR) is 114 cm³/mol. The summed E-state index contributed by atoms with van der Waals surface area (Å²) in [5, 5.41) is 3.12. The monoisotopic (exact) mass is 385 g/mol. The lowest BCUT2D eigenvalue weighted by atomic mass is 9.83. The van der Waals surface area contributed by atoms with Gasteiger partial charge in [0.05, 0.1) is 5.69 Å². The number of nitrogens with one attached hydrogen (secondary N) is 1. The quantitative estimate of drug-likeness (QED) is 0.720. The number of benzene rings is 2. The SMILES string of the molecule is O=C(Nc1ccccc1-c1ccccc1)N1C[C@H]2C[C@H](C1)c1cccc(=O)n1C2. The highest BCUT2D eigenvalue weighted by atomic mass is 16.2. The Bertz CT molecular complexity index is 1110. The number of hydrogen-bond acceptors (Lipinski definition) is 2. The Morgan fingerprint density at radius 1 is 0.862 bits per heavy atom. The number of para-hydroxylation sites is 1. The molecule has 5 heteroatoms. The molecule has 2 aliphatic rings. The van der Waals surface area contributed by atoms with Crippen molar-refractivity contribution >= 4 is 11.7 Å². The fourth-order valence-corrected chi connectivity index (χ4v) is 4.72. The van der Waals surface area contributed by atoms with Gasteiger partial charge in [0.25, 0.3) is 5.56 Å². The molecule has 2 bridgehead atoms. The molecule has 0 aliphatic carbocycles. The van der Waals surface area contributed by atoms with Gasteiger partial charge in [-0.05, 0) is 30.0 Å². The summed E-state index contributed by atoms with van der Waals surface area (Å²) in [6.07, 6.45) is 1.04. The van der Waals surface area contributed by atoms with Gasteiger partial charge < -0.3 is 14.8 Å². The molecule has 1 fully saturated rings. The number of likely N-dealkylation sites (tertiary alicyclic amines) is 1. The molecule has 0 radical (unpaired) electrons. The van der Waals surface area contributed by atoms with Crippen LogP contribution in [0.1, 0.15) is 18.0 Å². The molecule has 29 heavy (non-hydrogen) atoms. The van der Waals surface area contributed by atoms with Crippen LogP contribution in [-0.2, 0) is 6.54 Å². The standard InChI is InChI=1S/C24H23N3O2/c28-23-12-6-11-22-19-13-17(15-27(22)23)14-26(16-19)24(29)25-21-10-5-4-9-20(21)18-7-2-1-3-8-18/h1-12,17,19H,13-16H2,(H,25,29)/t17-,19-/m1/s1. The molecule has 3 aromatic rings. The molecule has 2 amide bonds. The Labute approximate surface area is 169 Å². The van der Waals surface area contributed by atoms with E-state index in [1.807, 2.05) is 76.2 Å². The largest absolute Gasteiger partial charge is 0.324 e. The first-order valence-corrected chi connectivity index (χ1v) is 10.1. The average Bonchev–Trinajstić information content (AvgIpc) is 2.75. The van der Waals surface area contributed by atoms with Gasteiger partial charge in [0.1, 0.15) is 0 Å². The minimum atomic E-state index is -0.0743. The maximum Gasteiger partial charge on any atom is 0.321 e. The topological polar surface area (TPSA) is 54.3 Å². The molecule has 2 atom stereocenters. The van der Waals surface area contributed by atoms with Crippen molar-refractivity contribution in [2.24, 2.45) is 5.92 Å². The van der Waals surface area contributed by atoms with Gasteiger partial charge in [-0.2, -0.15) is 0 Å². The maximum absolute atomic E-state index is 13.1. The number of piperidine rings is 1. The van der Waals surface area contributed by atoms with Crippen molar-refractivity contribution in [1.29, 1.82) is 0 Å². The molecule has 0 unspecified atom stereocenters. The van der Waals surface area contributed by atoms with Gasteiger partial charge in [0.15, 0.2) is 0 Å². The molecule has 0 spiro atoms. The molecule has 2 aromatic carbocycles. The first-order chi connectivity index (χ1) is 14.2. The molecule has 0 saturated carbocycles. The summed E-state index contributed by atoms with van der Waals surface area (Å²) in [7, 11) is 0. The first-order valence-electron chi connectivity index (χ1n) is 10.1. The zero-order valence-corrected chi connectivity index (χ0v) is 16.1. The number of hydrogen-bond donors (Lipinski definition) is 1. The van der Waals surface area contributed by atoms with Crippen LogP contribution in [0.15, 0.2) is 77.6 Å². The van der Waals surface area contributed by atoms with E-state index in [2.05, 4.69) is 5.32 Å². The molecule has 2 aliphatic heterocycles.